The molecule has 0 spiro atoms. The Kier molecular flexibility index (Phi) is 5.79. The largest absolute Gasteiger partial charge is 0.349 e. The molecule has 2 rings (SSSR count). The van der Waals surface area contributed by atoms with Gasteiger partial charge in [0.05, 0.1) is 10.4 Å². The van der Waals surface area contributed by atoms with Crippen molar-refractivity contribution in [2.45, 2.75) is 31.8 Å². The fourth-order valence-electron chi connectivity index (χ4n) is 2.10. The van der Waals surface area contributed by atoms with E-state index in [9.17, 15) is 4.79 Å². The first kappa shape index (κ1) is 16.0. The number of hydrogen-bond acceptors (Lipinski definition) is 3. The lowest BCUT2D eigenvalue weighted by Crippen LogP contribution is -2.27. The van der Waals surface area contributed by atoms with E-state index in [1.807, 2.05) is 49.4 Å². The molecule has 2 unspecified atom stereocenters. The first-order valence-electron chi connectivity index (χ1n) is 6.91. The summed E-state index contributed by atoms with van der Waals surface area (Å²) >= 11 is 7.39. The molecule has 112 valence electrons. The minimum Gasteiger partial charge on any atom is -0.349 e. The third-order valence-corrected chi connectivity index (χ3v) is 4.72. The predicted octanol–water partition coefficient (Wildman–Crippen LogP) is 4.06. The average molecular weight is 323 g/mol. The molecule has 0 aliphatic heterocycles. The number of carbonyl (C=O) groups excluding carboxylic acids is 1. The van der Waals surface area contributed by atoms with Crippen LogP contribution in [-0.2, 0) is 4.79 Å². The zero-order chi connectivity index (χ0) is 15.2. The summed E-state index contributed by atoms with van der Waals surface area (Å²) in [6.45, 7) is 1.96. The second-order valence-corrected chi connectivity index (χ2v) is 6.73. The highest BCUT2D eigenvalue weighted by Gasteiger charge is 2.13. The maximum absolute atomic E-state index is 12.0. The summed E-state index contributed by atoms with van der Waals surface area (Å²) in [4.78, 5) is 13.0. The molecule has 21 heavy (non-hydrogen) atoms. The van der Waals surface area contributed by atoms with E-state index >= 15 is 0 Å². The molecule has 1 aromatic heterocycles. The van der Waals surface area contributed by atoms with Crippen LogP contribution in [0.5, 0.6) is 0 Å². The number of amides is 1. The van der Waals surface area contributed by atoms with E-state index in [1.165, 1.54) is 11.3 Å². The monoisotopic (exact) mass is 322 g/mol. The molecule has 0 saturated heterocycles. The molecule has 3 nitrogen and oxygen atoms in total. The van der Waals surface area contributed by atoms with Gasteiger partial charge in [-0.2, -0.15) is 0 Å². The number of nitrogens with one attached hydrogen (secondary N) is 1. The summed E-state index contributed by atoms with van der Waals surface area (Å²) in [6.07, 6.45) is 1.05. The van der Waals surface area contributed by atoms with E-state index in [4.69, 9.17) is 17.3 Å². The molecule has 0 aliphatic rings. The van der Waals surface area contributed by atoms with Gasteiger partial charge in [0.1, 0.15) is 0 Å². The minimum atomic E-state index is -0.108. The Balaban J connectivity index is 1.79. The first-order chi connectivity index (χ1) is 10.1. The van der Waals surface area contributed by atoms with Gasteiger partial charge in [-0.25, -0.2) is 0 Å². The molecule has 0 aliphatic carbocycles. The van der Waals surface area contributed by atoms with Crippen molar-refractivity contribution >= 4 is 28.8 Å². The van der Waals surface area contributed by atoms with Gasteiger partial charge in [-0.1, -0.05) is 41.9 Å². The Morgan fingerprint density at radius 2 is 2.00 bits per heavy atom. The van der Waals surface area contributed by atoms with Gasteiger partial charge in [0.25, 0.3) is 0 Å². The van der Waals surface area contributed by atoms with Gasteiger partial charge < -0.3 is 11.1 Å². The molecule has 1 aromatic carbocycles. The maximum Gasteiger partial charge on any atom is 0.220 e. The summed E-state index contributed by atoms with van der Waals surface area (Å²) < 4.78 is 0.734. The molecule has 3 N–H and O–H groups in total. The van der Waals surface area contributed by atoms with Crippen LogP contribution in [0.1, 0.15) is 42.3 Å². The zero-order valence-corrected chi connectivity index (χ0v) is 13.5. The van der Waals surface area contributed by atoms with Crippen molar-refractivity contribution in [2.24, 2.45) is 5.73 Å². The Hall–Kier alpha value is -1.36. The highest BCUT2D eigenvalue weighted by atomic mass is 35.5. The molecular formula is C16H19ClN2OS. The van der Waals surface area contributed by atoms with E-state index in [0.717, 1.165) is 14.8 Å². The summed E-state index contributed by atoms with van der Waals surface area (Å²) in [5.41, 5.74) is 7.15. The van der Waals surface area contributed by atoms with Crippen molar-refractivity contribution in [1.29, 1.82) is 0 Å². The Labute approximate surface area is 134 Å². The van der Waals surface area contributed by atoms with E-state index in [2.05, 4.69) is 5.32 Å². The third-order valence-electron chi connectivity index (χ3n) is 3.31. The fourth-order valence-corrected chi connectivity index (χ4v) is 3.16. The fraction of sp³-hybridized carbons (Fsp3) is 0.312. The quantitative estimate of drug-likeness (QED) is 0.842. The number of benzene rings is 1. The number of hydrogen-bond donors (Lipinski definition) is 2. The lowest BCUT2D eigenvalue weighted by Gasteiger charge is -2.14. The summed E-state index contributed by atoms with van der Waals surface area (Å²) in [5.74, 6) is 0.0124. The van der Waals surface area contributed by atoms with E-state index < -0.39 is 0 Å². The Bertz CT molecular complexity index is 585. The highest BCUT2D eigenvalue weighted by molar-refractivity contribution is 7.16. The Morgan fingerprint density at radius 1 is 1.29 bits per heavy atom. The summed E-state index contributed by atoms with van der Waals surface area (Å²) in [5, 5.41) is 2.97. The van der Waals surface area contributed by atoms with Crippen LogP contribution in [0.4, 0.5) is 0 Å². The molecule has 0 bridgehead atoms. The smallest absolute Gasteiger partial charge is 0.220 e. The number of halogens is 1. The predicted molar refractivity (Wildman–Crippen MR) is 88.5 cm³/mol. The molecule has 5 heteroatoms. The lowest BCUT2D eigenvalue weighted by molar-refractivity contribution is -0.121. The van der Waals surface area contributed by atoms with Crippen LogP contribution in [0.2, 0.25) is 4.34 Å². The molecule has 0 radical (unpaired) electrons. The van der Waals surface area contributed by atoms with E-state index in [1.54, 1.807) is 0 Å². The van der Waals surface area contributed by atoms with E-state index in [-0.39, 0.29) is 18.0 Å². The number of thiophene rings is 1. The highest BCUT2D eigenvalue weighted by Crippen LogP contribution is 2.26. The minimum absolute atomic E-state index is 0.0124. The molecule has 2 aromatic rings. The van der Waals surface area contributed by atoms with Crippen molar-refractivity contribution < 1.29 is 4.79 Å². The third kappa shape index (κ3) is 4.84. The van der Waals surface area contributed by atoms with Crippen molar-refractivity contribution in [2.75, 3.05) is 0 Å². The average Bonchev–Trinajstić information content (AvgIpc) is 2.92. The van der Waals surface area contributed by atoms with Crippen molar-refractivity contribution in [3.63, 3.8) is 0 Å². The van der Waals surface area contributed by atoms with Gasteiger partial charge in [-0.05, 0) is 31.0 Å². The van der Waals surface area contributed by atoms with Crippen LogP contribution < -0.4 is 11.1 Å². The standard InChI is InChI=1S/C16H19ClN2OS/c1-11(14-8-9-15(17)21-14)19-16(20)10-7-13(18)12-5-3-2-4-6-12/h2-6,8-9,11,13H,7,10,18H2,1H3,(H,19,20). The second-order valence-electron chi connectivity index (χ2n) is 4.99. The van der Waals surface area contributed by atoms with Crippen LogP contribution in [0.15, 0.2) is 42.5 Å². The normalized spacial score (nSPS) is 13.7. The van der Waals surface area contributed by atoms with Gasteiger partial charge in [-0.15, -0.1) is 11.3 Å². The molecule has 0 fully saturated rings. The second kappa shape index (κ2) is 7.59. The van der Waals surface area contributed by atoms with Gasteiger partial charge in [0, 0.05) is 17.3 Å². The van der Waals surface area contributed by atoms with Crippen molar-refractivity contribution in [3.05, 3.63) is 57.2 Å². The topological polar surface area (TPSA) is 55.1 Å². The molecule has 2 atom stereocenters. The van der Waals surface area contributed by atoms with Gasteiger partial charge in [0.15, 0.2) is 0 Å². The number of carbonyl (C=O) groups is 1. The summed E-state index contributed by atoms with van der Waals surface area (Å²) in [7, 11) is 0. The van der Waals surface area contributed by atoms with Crippen molar-refractivity contribution in [1.82, 2.24) is 5.32 Å². The van der Waals surface area contributed by atoms with E-state index in [0.29, 0.717) is 12.8 Å². The maximum atomic E-state index is 12.0. The molecule has 0 saturated carbocycles. The number of rotatable bonds is 6. The van der Waals surface area contributed by atoms with Crippen LogP contribution in [0.25, 0.3) is 0 Å². The Morgan fingerprint density at radius 3 is 2.62 bits per heavy atom. The molecule has 1 heterocycles. The van der Waals surface area contributed by atoms with Crippen LogP contribution in [0.3, 0.4) is 0 Å². The van der Waals surface area contributed by atoms with Crippen LogP contribution in [0, 0.1) is 0 Å². The first-order valence-corrected chi connectivity index (χ1v) is 8.11. The van der Waals surface area contributed by atoms with Crippen molar-refractivity contribution in [3.8, 4) is 0 Å². The zero-order valence-electron chi connectivity index (χ0n) is 11.9. The van der Waals surface area contributed by atoms with Crippen LogP contribution in [-0.4, -0.2) is 5.91 Å². The van der Waals surface area contributed by atoms with Crippen LogP contribution >= 0.6 is 22.9 Å². The van der Waals surface area contributed by atoms with Gasteiger partial charge in [-0.3, -0.25) is 4.79 Å². The SMILES string of the molecule is CC(NC(=O)CCC(N)c1ccccc1)c1ccc(Cl)s1. The molecule has 1 amide bonds. The lowest BCUT2D eigenvalue weighted by atomic mass is 10.0. The molecular weight excluding hydrogens is 304 g/mol. The van der Waals surface area contributed by atoms with Gasteiger partial charge >= 0.3 is 0 Å². The number of nitrogens with two attached hydrogens (primary N) is 1. The summed E-state index contributed by atoms with van der Waals surface area (Å²) in [6, 6.07) is 13.5. The van der Waals surface area contributed by atoms with Gasteiger partial charge in [0.2, 0.25) is 5.91 Å².